The lowest BCUT2D eigenvalue weighted by Crippen LogP contribution is -2.40. The van der Waals surface area contributed by atoms with Crippen molar-refractivity contribution >= 4 is 0 Å². The Kier molecular flexibility index (Phi) is 5.42. The summed E-state index contributed by atoms with van der Waals surface area (Å²) in [7, 11) is 4.23. The molecule has 0 amide bonds. The molecule has 1 aromatic heterocycles. The van der Waals surface area contributed by atoms with Crippen LogP contribution in [0.5, 0.6) is 0 Å². The molecule has 2 aromatic rings. The van der Waals surface area contributed by atoms with Crippen molar-refractivity contribution in [2.45, 2.75) is 32.0 Å². The highest BCUT2D eigenvalue weighted by Crippen LogP contribution is 2.23. The van der Waals surface area contributed by atoms with Crippen molar-refractivity contribution in [3.63, 3.8) is 0 Å². The Bertz CT molecular complexity index is 527. The first-order valence-corrected chi connectivity index (χ1v) is 7.33. The summed E-state index contributed by atoms with van der Waals surface area (Å²) in [5.41, 5.74) is 2.28. The summed E-state index contributed by atoms with van der Waals surface area (Å²) >= 11 is 0. The Hall–Kier alpha value is -1.78. The Balaban J connectivity index is 2.11. The van der Waals surface area contributed by atoms with Gasteiger partial charge in [-0.2, -0.15) is 0 Å². The molecule has 21 heavy (non-hydrogen) atoms. The third-order valence-electron chi connectivity index (χ3n) is 3.71. The summed E-state index contributed by atoms with van der Waals surface area (Å²) < 4.78 is 0. The number of nitrogens with zero attached hydrogens (tertiary/aromatic N) is 3. The van der Waals surface area contributed by atoms with E-state index in [-0.39, 0.29) is 6.04 Å². The van der Waals surface area contributed by atoms with E-state index in [1.165, 1.54) is 5.56 Å². The van der Waals surface area contributed by atoms with E-state index in [0.29, 0.717) is 12.1 Å². The van der Waals surface area contributed by atoms with Crippen molar-refractivity contribution in [1.82, 2.24) is 20.2 Å². The Morgan fingerprint density at radius 2 is 1.76 bits per heavy atom. The molecule has 4 heteroatoms. The highest BCUT2D eigenvalue weighted by Gasteiger charge is 2.23. The fraction of sp³-hybridized carbons (Fsp3) is 0.412. The highest BCUT2D eigenvalue weighted by atomic mass is 15.1. The van der Waals surface area contributed by atoms with Crippen LogP contribution >= 0.6 is 0 Å². The lowest BCUT2D eigenvalue weighted by Gasteiger charge is -2.33. The molecule has 4 nitrogen and oxygen atoms in total. The molecule has 0 saturated carbocycles. The number of aromatic nitrogens is 2. The second-order valence-electron chi connectivity index (χ2n) is 5.63. The van der Waals surface area contributed by atoms with Crippen LogP contribution in [0.3, 0.4) is 0 Å². The molecule has 0 aliphatic rings. The molecule has 0 spiro atoms. The van der Waals surface area contributed by atoms with Crippen LogP contribution in [0, 0.1) is 0 Å². The third-order valence-corrected chi connectivity index (χ3v) is 3.71. The van der Waals surface area contributed by atoms with Gasteiger partial charge in [0.25, 0.3) is 0 Å². The molecular weight excluding hydrogens is 260 g/mol. The number of nitrogens with one attached hydrogen (secondary N) is 1. The summed E-state index contributed by atoms with van der Waals surface area (Å²) in [6, 6.07) is 11.3. The summed E-state index contributed by atoms with van der Waals surface area (Å²) in [6.07, 6.45) is 5.25. The smallest absolute Gasteiger partial charge is 0.0753 e. The van der Waals surface area contributed by atoms with Crippen LogP contribution in [-0.4, -0.2) is 35.0 Å². The minimum Gasteiger partial charge on any atom is -0.304 e. The predicted octanol–water partition coefficient (Wildman–Crippen LogP) is 2.82. The van der Waals surface area contributed by atoms with Crippen LogP contribution in [0.2, 0.25) is 0 Å². The fourth-order valence-electron chi connectivity index (χ4n) is 2.79. The van der Waals surface area contributed by atoms with Crippen molar-refractivity contribution in [3.05, 3.63) is 60.2 Å². The first-order chi connectivity index (χ1) is 10.1. The van der Waals surface area contributed by atoms with E-state index in [1.807, 2.05) is 6.20 Å². The molecule has 2 rings (SSSR count). The predicted molar refractivity (Wildman–Crippen MR) is 85.9 cm³/mol. The van der Waals surface area contributed by atoms with Gasteiger partial charge in [-0.15, -0.1) is 0 Å². The van der Waals surface area contributed by atoms with E-state index < -0.39 is 0 Å². The van der Waals surface area contributed by atoms with Crippen LogP contribution in [0.4, 0.5) is 0 Å². The van der Waals surface area contributed by atoms with Gasteiger partial charge >= 0.3 is 0 Å². The van der Waals surface area contributed by atoms with E-state index in [9.17, 15) is 0 Å². The molecule has 0 fully saturated rings. The lowest BCUT2D eigenvalue weighted by atomic mass is 9.98. The minimum atomic E-state index is 0.167. The van der Waals surface area contributed by atoms with Crippen LogP contribution in [0.15, 0.2) is 48.9 Å². The minimum absolute atomic E-state index is 0.167. The van der Waals surface area contributed by atoms with Gasteiger partial charge in [0.1, 0.15) is 0 Å². The quantitative estimate of drug-likeness (QED) is 0.885. The summed E-state index contributed by atoms with van der Waals surface area (Å²) in [5.74, 6) is 0. The van der Waals surface area contributed by atoms with Gasteiger partial charge in [0, 0.05) is 36.7 Å². The highest BCUT2D eigenvalue weighted by molar-refractivity contribution is 5.20. The zero-order valence-electron chi connectivity index (χ0n) is 13.2. The van der Waals surface area contributed by atoms with E-state index in [2.05, 4.69) is 78.5 Å². The number of likely N-dealkylation sites (N-methyl/N-ethyl adjacent to an activating group) is 1. The first kappa shape index (κ1) is 15.6. The largest absolute Gasteiger partial charge is 0.304 e. The van der Waals surface area contributed by atoms with Gasteiger partial charge in [-0.1, -0.05) is 30.3 Å². The summed E-state index contributed by atoms with van der Waals surface area (Å²) in [6.45, 7) is 4.34. The zero-order chi connectivity index (χ0) is 15.2. The van der Waals surface area contributed by atoms with Gasteiger partial charge in [0.05, 0.1) is 5.69 Å². The van der Waals surface area contributed by atoms with Crippen LogP contribution in [0.25, 0.3) is 0 Å². The van der Waals surface area contributed by atoms with Crippen molar-refractivity contribution in [3.8, 4) is 0 Å². The topological polar surface area (TPSA) is 41.0 Å². The van der Waals surface area contributed by atoms with E-state index >= 15 is 0 Å². The number of benzene rings is 1. The van der Waals surface area contributed by atoms with Gasteiger partial charge in [0.15, 0.2) is 0 Å². The fourth-order valence-corrected chi connectivity index (χ4v) is 2.79. The maximum absolute atomic E-state index is 4.37. The van der Waals surface area contributed by atoms with Crippen LogP contribution < -0.4 is 5.32 Å². The maximum atomic E-state index is 4.37. The molecule has 3 atom stereocenters. The average Bonchev–Trinajstić information content (AvgIpc) is 2.49. The molecule has 3 unspecified atom stereocenters. The standard InChI is InChI=1S/C17H24N4/c1-13(16-12-18-10-11-19-16)20-14(2)17(21(3)4)15-8-6-5-7-9-15/h5-14,17,20H,1-4H3. The molecular formula is C17H24N4. The van der Waals surface area contributed by atoms with Gasteiger partial charge in [-0.3, -0.25) is 9.97 Å². The SMILES string of the molecule is CC(NC(C)C(c1ccccc1)N(C)C)c1cnccn1. The molecule has 0 aliphatic carbocycles. The van der Waals surface area contributed by atoms with Crippen molar-refractivity contribution in [2.24, 2.45) is 0 Å². The number of hydrogen-bond acceptors (Lipinski definition) is 4. The normalized spacial score (nSPS) is 15.7. The van der Waals surface area contributed by atoms with Gasteiger partial charge in [0.2, 0.25) is 0 Å². The van der Waals surface area contributed by atoms with Crippen molar-refractivity contribution < 1.29 is 0 Å². The van der Waals surface area contributed by atoms with E-state index in [0.717, 1.165) is 5.69 Å². The van der Waals surface area contributed by atoms with Gasteiger partial charge < -0.3 is 10.2 Å². The van der Waals surface area contributed by atoms with E-state index in [1.54, 1.807) is 12.4 Å². The molecule has 0 saturated heterocycles. The number of hydrogen-bond donors (Lipinski definition) is 1. The van der Waals surface area contributed by atoms with Crippen molar-refractivity contribution in [2.75, 3.05) is 14.1 Å². The van der Waals surface area contributed by atoms with Crippen LogP contribution in [-0.2, 0) is 0 Å². The van der Waals surface area contributed by atoms with Crippen molar-refractivity contribution in [1.29, 1.82) is 0 Å². The molecule has 1 N–H and O–H groups in total. The summed E-state index contributed by atoms with van der Waals surface area (Å²) in [5, 5.41) is 3.63. The monoisotopic (exact) mass is 284 g/mol. The molecule has 0 aliphatic heterocycles. The Morgan fingerprint density at radius 1 is 1.05 bits per heavy atom. The molecule has 1 heterocycles. The molecule has 0 bridgehead atoms. The second-order valence-corrected chi connectivity index (χ2v) is 5.63. The zero-order valence-corrected chi connectivity index (χ0v) is 13.2. The Morgan fingerprint density at radius 3 is 2.33 bits per heavy atom. The molecule has 0 radical (unpaired) electrons. The first-order valence-electron chi connectivity index (χ1n) is 7.33. The Labute approximate surface area is 127 Å². The number of rotatable bonds is 6. The van der Waals surface area contributed by atoms with Crippen LogP contribution in [0.1, 0.15) is 37.2 Å². The van der Waals surface area contributed by atoms with E-state index in [4.69, 9.17) is 0 Å². The third kappa shape index (κ3) is 4.09. The van der Waals surface area contributed by atoms with Gasteiger partial charge in [-0.05, 0) is 33.5 Å². The average molecular weight is 284 g/mol. The van der Waals surface area contributed by atoms with Gasteiger partial charge in [-0.25, -0.2) is 0 Å². The maximum Gasteiger partial charge on any atom is 0.0753 e. The second kappa shape index (κ2) is 7.29. The molecule has 112 valence electrons. The summed E-state index contributed by atoms with van der Waals surface area (Å²) in [4.78, 5) is 10.8. The molecule has 1 aromatic carbocycles. The lowest BCUT2D eigenvalue weighted by molar-refractivity contribution is 0.230.